The van der Waals surface area contributed by atoms with Crippen LogP contribution in [-0.4, -0.2) is 42.5 Å². The van der Waals surface area contributed by atoms with Gasteiger partial charge in [0.1, 0.15) is 0 Å². The van der Waals surface area contributed by atoms with Crippen molar-refractivity contribution in [2.75, 3.05) is 31.6 Å². The molecule has 3 rings (SSSR count). The van der Waals surface area contributed by atoms with Crippen molar-refractivity contribution in [1.29, 1.82) is 0 Å². The van der Waals surface area contributed by atoms with Crippen LogP contribution < -0.4 is 5.32 Å². The summed E-state index contributed by atoms with van der Waals surface area (Å²) in [5.41, 5.74) is 1.91. The van der Waals surface area contributed by atoms with Gasteiger partial charge in [-0.2, -0.15) is 5.10 Å². The van der Waals surface area contributed by atoms with Gasteiger partial charge in [-0.3, -0.25) is 5.01 Å². The third-order valence-corrected chi connectivity index (χ3v) is 5.07. The van der Waals surface area contributed by atoms with E-state index < -0.39 is 0 Å². The summed E-state index contributed by atoms with van der Waals surface area (Å²) in [5, 5.41) is 11.5. The molecule has 8 heteroatoms. The SMILES string of the molecule is Cc1ccc(Nc2nc(Cl)c(/C=N/N3CCOCC3)s2)cc1Cl. The summed E-state index contributed by atoms with van der Waals surface area (Å²) in [6.45, 7) is 4.95. The number of anilines is 2. The lowest BCUT2D eigenvalue weighted by Gasteiger charge is -2.23. The third kappa shape index (κ3) is 4.35. The van der Waals surface area contributed by atoms with Gasteiger partial charge in [0.2, 0.25) is 0 Å². The number of hydrogen-bond acceptors (Lipinski definition) is 6. The van der Waals surface area contributed by atoms with Crippen LogP contribution >= 0.6 is 34.5 Å². The average Bonchev–Trinajstić information content (AvgIpc) is 2.89. The first-order valence-electron chi connectivity index (χ1n) is 7.18. The Morgan fingerprint density at radius 3 is 2.87 bits per heavy atom. The molecule has 1 saturated heterocycles. The van der Waals surface area contributed by atoms with Crippen LogP contribution in [0, 0.1) is 6.92 Å². The summed E-state index contributed by atoms with van der Waals surface area (Å²) in [6, 6.07) is 5.78. The summed E-state index contributed by atoms with van der Waals surface area (Å²) in [7, 11) is 0. The molecule has 0 spiro atoms. The van der Waals surface area contributed by atoms with Crippen LogP contribution in [0.3, 0.4) is 0 Å². The standard InChI is InChI=1S/C15H16Cl2N4OS/c1-10-2-3-11(8-12(10)16)19-15-20-14(17)13(23-15)9-18-21-4-6-22-7-5-21/h2-3,8-9H,4-7H2,1H3,(H,19,20)/b18-9+. The van der Waals surface area contributed by atoms with Crippen molar-refractivity contribution in [3.63, 3.8) is 0 Å². The predicted octanol–water partition coefficient (Wildman–Crippen LogP) is 4.17. The van der Waals surface area contributed by atoms with E-state index in [1.807, 2.05) is 30.1 Å². The van der Waals surface area contributed by atoms with Gasteiger partial charge >= 0.3 is 0 Å². The van der Waals surface area contributed by atoms with E-state index in [4.69, 9.17) is 27.9 Å². The first-order chi connectivity index (χ1) is 11.1. The highest BCUT2D eigenvalue weighted by Crippen LogP contribution is 2.29. The van der Waals surface area contributed by atoms with Crippen LogP contribution in [0.1, 0.15) is 10.4 Å². The van der Waals surface area contributed by atoms with Gasteiger partial charge in [0.15, 0.2) is 10.3 Å². The number of morpholine rings is 1. The van der Waals surface area contributed by atoms with E-state index in [0.29, 0.717) is 28.5 Å². The average molecular weight is 371 g/mol. The minimum absolute atomic E-state index is 0.438. The first-order valence-corrected chi connectivity index (χ1v) is 8.75. The number of aryl methyl sites for hydroxylation is 1. The molecule has 2 aromatic rings. The molecule has 0 amide bonds. The zero-order valence-electron chi connectivity index (χ0n) is 12.6. The molecule has 5 nitrogen and oxygen atoms in total. The van der Waals surface area contributed by atoms with Gasteiger partial charge < -0.3 is 10.1 Å². The monoisotopic (exact) mass is 370 g/mol. The van der Waals surface area contributed by atoms with Gasteiger partial charge in [-0.15, -0.1) is 0 Å². The zero-order valence-corrected chi connectivity index (χ0v) is 14.9. The molecule has 122 valence electrons. The van der Waals surface area contributed by atoms with Crippen LogP contribution in [0.4, 0.5) is 10.8 Å². The maximum atomic E-state index is 6.18. The summed E-state index contributed by atoms with van der Waals surface area (Å²) in [4.78, 5) is 5.14. The quantitative estimate of drug-likeness (QED) is 0.820. The largest absolute Gasteiger partial charge is 0.378 e. The second-order valence-electron chi connectivity index (χ2n) is 5.07. The fraction of sp³-hybridized carbons (Fsp3) is 0.333. The van der Waals surface area contributed by atoms with Gasteiger partial charge in [0, 0.05) is 10.7 Å². The zero-order chi connectivity index (χ0) is 16.2. The van der Waals surface area contributed by atoms with Crippen molar-refractivity contribution in [3.8, 4) is 0 Å². The molecule has 0 aliphatic carbocycles. The van der Waals surface area contributed by atoms with E-state index >= 15 is 0 Å². The van der Waals surface area contributed by atoms with Gasteiger partial charge in [-0.25, -0.2) is 4.98 Å². The number of nitrogens with zero attached hydrogens (tertiary/aromatic N) is 3. The molecule has 1 N–H and O–H groups in total. The van der Waals surface area contributed by atoms with E-state index in [2.05, 4.69) is 15.4 Å². The van der Waals surface area contributed by atoms with E-state index in [0.717, 1.165) is 29.2 Å². The third-order valence-electron chi connectivity index (χ3n) is 3.36. The molecule has 1 aromatic carbocycles. The van der Waals surface area contributed by atoms with Crippen LogP contribution in [-0.2, 0) is 4.74 Å². The molecule has 0 saturated carbocycles. The lowest BCUT2D eigenvalue weighted by Crippen LogP contribution is -2.32. The Hall–Kier alpha value is -1.34. The molecule has 0 bridgehead atoms. The van der Waals surface area contributed by atoms with E-state index in [-0.39, 0.29) is 0 Å². The Bertz CT molecular complexity index is 713. The molecular weight excluding hydrogens is 355 g/mol. The summed E-state index contributed by atoms with van der Waals surface area (Å²) in [6.07, 6.45) is 1.75. The Kier molecular flexibility index (Phi) is 5.38. The maximum Gasteiger partial charge on any atom is 0.189 e. The van der Waals surface area contributed by atoms with E-state index in [1.54, 1.807) is 6.21 Å². The summed E-state index contributed by atoms with van der Waals surface area (Å²) >= 11 is 13.8. The topological polar surface area (TPSA) is 49.8 Å². The summed E-state index contributed by atoms with van der Waals surface area (Å²) in [5.74, 6) is 0. The fourth-order valence-corrected chi connectivity index (χ4v) is 3.27. The lowest BCUT2D eigenvalue weighted by atomic mass is 10.2. The number of ether oxygens (including phenoxy) is 1. The Morgan fingerprint density at radius 1 is 1.35 bits per heavy atom. The maximum absolute atomic E-state index is 6.18. The number of nitrogens with one attached hydrogen (secondary N) is 1. The van der Waals surface area contributed by atoms with Crippen molar-refractivity contribution < 1.29 is 4.74 Å². The van der Waals surface area contributed by atoms with Crippen molar-refractivity contribution in [2.45, 2.75) is 6.92 Å². The van der Waals surface area contributed by atoms with E-state index in [1.165, 1.54) is 11.3 Å². The number of rotatable bonds is 4. The molecular formula is C15H16Cl2N4OS. The molecule has 1 fully saturated rings. The number of hydrazone groups is 1. The molecule has 1 aliphatic heterocycles. The van der Waals surface area contributed by atoms with Crippen molar-refractivity contribution in [3.05, 3.63) is 38.8 Å². The van der Waals surface area contributed by atoms with E-state index in [9.17, 15) is 0 Å². The molecule has 0 unspecified atom stereocenters. The van der Waals surface area contributed by atoms with Gasteiger partial charge in [0.05, 0.1) is 37.4 Å². The number of thiazole rings is 1. The highest BCUT2D eigenvalue weighted by Gasteiger charge is 2.10. The number of benzene rings is 1. The molecule has 2 heterocycles. The summed E-state index contributed by atoms with van der Waals surface area (Å²) < 4.78 is 5.29. The number of hydrogen-bond donors (Lipinski definition) is 1. The van der Waals surface area contributed by atoms with Crippen molar-refractivity contribution in [2.24, 2.45) is 5.10 Å². The Labute approximate surface area is 148 Å². The predicted molar refractivity (Wildman–Crippen MR) is 96.6 cm³/mol. The van der Waals surface area contributed by atoms with Crippen molar-refractivity contribution in [1.82, 2.24) is 9.99 Å². The van der Waals surface area contributed by atoms with Crippen molar-refractivity contribution >= 4 is 51.6 Å². The highest BCUT2D eigenvalue weighted by atomic mass is 35.5. The van der Waals surface area contributed by atoms with Gasteiger partial charge in [0.25, 0.3) is 0 Å². The minimum Gasteiger partial charge on any atom is -0.378 e. The van der Waals surface area contributed by atoms with Crippen LogP contribution in [0.15, 0.2) is 23.3 Å². The Balaban J connectivity index is 1.70. The second-order valence-corrected chi connectivity index (χ2v) is 6.87. The molecule has 0 radical (unpaired) electrons. The molecule has 0 atom stereocenters. The van der Waals surface area contributed by atoms with Gasteiger partial charge in [-0.1, -0.05) is 40.6 Å². The van der Waals surface area contributed by atoms with Crippen LogP contribution in [0.25, 0.3) is 0 Å². The smallest absolute Gasteiger partial charge is 0.189 e. The molecule has 23 heavy (non-hydrogen) atoms. The minimum atomic E-state index is 0.438. The fourth-order valence-electron chi connectivity index (χ4n) is 2.04. The van der Waals surface area contributed by atoms with Crippen LogP contribution in [0.5, 0.6) is 0 Å². The first kappa shape index (κ1) is 16.5. The van der Waals surface area contributed by atoms with Crippen LogP contribution in [0.2, 0.25) is 10.2 Å². The number of halogens is 2. The van der Waals surface area contributed by atoms with Gasteiger partial charge in [-0.05, 0) is 24.6 Å². The lowest BCUT2D eigenvalue weighted by molar-refractivity contribution is 0.0397. The highest BCUT2D eigenvalue weighted by molar-refractivity contribution is 7.17. The Morgan fingerprint density at radius 2 is 2.13 bits per heavy atom. The molecule has 1 aromatic heterocycles. The normalized spacial score (nSPS) is 15.3. The second kappa shape index (κ2) is 7.49. The number of aromatic nitrogens is 1. The molecule has 1 aliphatic rings.